The topological polar surface area (TPSA) is 101 Å². The number of nitrogens with one attached hydrogen (secondary N) is 1. The standard InChI is InChI=1S/C24H30ClN3O5/c1-5-33-23(32)17-12-28(15-6-7-15)20-16(22(17)31)10-18(30)21(19(20)25)27-9-8-14(11-27)24(3,4)26-13(2)29/h10,12,14-15,30H,5-9,11H2,1-4H3,(H,26,29). The normalized spacial score (nSPS) is 18.6. The van der Waals surface area contributed by atoms with Gasteiger partial charge in [0, 0.05) is 43.7 Å². The molecule has 1 saturated carbocycles. The van der Waals surface area contributed by atoms with Crippen LogP contribution in [0.3, 0.4) is 0 Å². The molecule has 1 aliphatic heterocycles. The lowest BCUT2D eigenvalue weighted by Crippen LogP contribution is -2.49. The number of halogens is 1. The molecule has 0 bridgehead atoms. The van der Waals surface area contributed by atoms with Crippen molar-refractivity contribution in [1.82, 2.24) is 9.88 Å². The third kappa shape index (κ3) is 4.28. The van der Waals surface area contributed by atoms with E-state index in [4.69, 9.17) is 16.3 Å². The summed E-state index contributed by atoms with van der Waals surface area (Å²) in [5.41, 5.74) is 0.0231. The number of pyridine rings is 1. The van der Waals surface area contributed by atoms with Crippen LogP contribution in [-0.2, 0) is 9.53 Å². The van der Waals surface area contributed by atoms with Gasteiger partial charge in [-0.05, 0) is 46.1 Å². The van der Waals surface area contributed by atoms with Crippen LogP contribution in [0.25, 0.3) is 10.9 Å². The Hall–Kier alpha value is -2.74. The third-order valence-corrected chi connectivity index (χ3v) is 7.03. The van der Waals surface area contributed by atoms with Gasteiger partial charge in [0.15, 0.2) is 0 Å². The molecule has 1 aromatic heterocycles. The van der Waals surface area contributed by atoms with Gasteiger partial charge in [-0.1, -0.05) is 11.6 Å². The lowest BCUT2D eigenvalue weighted by Gasteiger charge is -2.33. The highest BCUT2D eigenvalue weighted by molar-refractivity contribution is 6.38. The van der Waals surface area contributed by atoms with Crippen LogP contribution in [0.5, 0.6) is 5.75 Å². The summed E-state index contributed by atoms with van der Waals surface area (Å²) in [6, 6.07) is 1.55. The molecule has 178 valence electrons. The number of phenolic OH excluding ortho intramolecular Hbond substituents is 1. The number of phenols is 1. The van der Waals surface area contributed by atoms with E-state index in [0.717, 1.165) is 19.3 Å². The number of carbonyl (C=O) groups is 2. The number of fused-ring (bicyclic) bond motifs is 1. The van der Waals surface area contributed by atoms with Gasteiger partial charge in [0.2, 0.25) is 11.3 Å². The summed E-state index contributed by atoms with van der Waals surface area (Å²) >= 11 is 6.87. The molecule has 9 heteroatoms. The molecule has 8 nitrogen and oxygen atoms in total. The first-order valence-corrected chi connectivity index (χ1v) is 11.7. The molecule has 4 rings (SSSR count). The number of nitrogens with zero attached hydrogens (tertiary/aromatic N) is 2. The minimum atomic E-state index is -0.680. The van der Waals surface area contributed by atoms with Crippen molar-refractivity contribution < 1.29 is 19.4 Å². The smallest absolute Gasteiger partial charge is 0.343 e. The van der Waals surface area contributed by atoms with Gasteiger partial charge in [-0.25, -0.2) is 4.79 Å². The minimum absolute atomic E-state index is 0.0576. The van der Waals surface area contributed by atoms with E-state index in [1.807, 2.05) is 23.3 Å². The quantitative estimate of drug-likeness (QED) is 0.619. The van der Waals surface area contributed by atoms with E-state index in [2.05, 4.69) is 5.32 Å². The van der Waals surface area contributed by atoms with Crippen molar-refractivity contribution in [3.05, 3.63) is 33.1 Å². The molecular weight excluding hydrogens is 446 g/mol. The molecule has 1 amide bonds. The molecule has 1 saturated heterocycles. The fourth-order valence-corrected chi connectivity index (χ4v) is 5.27. The van der Waals surface area contributed by atoms with Crippen molar-refractivity contribution in [2.45, 2.75) is 58.5 Å². The lowest BCUT2D eigenvalue weighted by atomic mass is 9.86. The zero-order chi connectivity index (χ0) is 24.1. The summed E-state index contributed by atoms with van der Waals surface area (Å²) in [4.78, 5) is 39.1. The summed E-state index contributed by atoms with van der Waals surface area (Å²) < 4.78 is 6.94. The average Bonchev–Trinajstić information content (AvgIpc) is 3.44. The number of hydrogen-bond acceptors (Lipinski definition) is 6. The van der Waals surface area contributed by atoms with E-state index in [9.17, 15) is 19.5 Å². The molecule has 1 unspecified atom stereocenters. The number of hydrogen-bond donors (Lipinski definition) is 2. The number of aromatic nitrogens is 1. The zero-order valence-electron chi connectivity index (χ0n) is 19.4. The van der Waals surface area contributed by atoms with Gasteiger partial charge >= 0.3 is 5.97 Å². The van der Waals surface area contributed by atoms with E-state index >= 15 is 0 Å². The van der Waals surface area contributed by atoms with Crippen molar-refractivity contribution in [3.8, 4) is 5.75 Å². The summed E-state index contributed by atoms with van der Waals surface area (Å²) in [5, 5.41) is 14.4. The molecule has 1 atom stereocenters. The van der Waals surface area contributed by atoms with E-state index < -0.39 is 16.9 Å². The van der Waals surface area contributed by atoms with Crippen LogP contribution in [0.2, 0.25) is 5.02 Å². The van der Waals surface area contributed by atoms with Gasteiger partial charge in [-0.2, -0.15) is 0 Å². The van der Waals surface area contributed by atoms with Crippen LogP contribution in [0.15, 0.2) is 17.1 Å². The van der Waals surface area contributed by atoms with Gasteiger partial charge < -0.3 is 24.6 Å². The molecular formula is C24H30ClN3O5. The summed E-state index contributed by atoms with van der Waals surface area (Å²) in [5.74, 6) is -0.715. The van der Waals surface area contributed by atoms with E-state index in [1.54, 1.807) is 13.1 Å². The maximum absolute atomic E-state index is 13.1. The second-order valence-corrected chi connectivity index (χ2v) is 9.90. The van der Waals surface area contributed by atoms with Gasteiger partial charge in [0.05, 0.1) is 22.5 Å². The van der Waals surface area contributed by atoms with Gasteiger partial charge in [-0.3, -0.25) is 9.59 Å². The Morgan fingerprint density at radius 2 is 2.00 bits per heavy atom. The van der Waals surface area contributed by atoms with Gasteiger partial charge in [0.25, 0.3) is 0 Å². The van der Waals surface area contributed by atoms with Crippen molar-refractivity contribution >= 4 is 40.1 Å². The minimum Gasteiger partial charge on any atom is -0.506 e. The Morgan fingerprint density at radius 3 is 2.61 bits per heavy atom. The Balaban J connectivity index is 1.80. The lowest BCUT2D eigenvalue weighted by molar-refractivity contribution is -0.121. The molecule has 2 aromatic rings. The van der Waals surface area contributed by atoms with E-state index in [0.29, 0.717) is 29.3 Å². The van der Waals surface area contributed by atoms with Crippen molar-refractivity contribution in [2.75, 3.05) is 24.6 Å². The molecule has 2 aliphatic rings. The largest absolute Gasteiger partial charge is 0.506 e. The summed E-state index contributed by atoms with van der Waals surface area (Å²) in [6.45, 7) is 8.58. The number of esters is 1. The van der Waals surface area contributed by atoms with Crippen LogP contribution < -0.4 is 15.6 Å². The maximum atomic E-state index is 13.1. The Morgan fingerprint density at radius 1 is 1.30 bits per heavy atom. The molecule has 33 heavy (non-hydrogen) atoms. The summed E-state index contributed by atoms with van der Waals surface area (Å²) in [7, 11) is 0. The molecule has 0 radical (unpaired) electrons. The molecule has 2 fully saturated rings. The molecule has 2 N–H and O–H groups in total. The average molecular weight is 476 g/mol. The Labute approximate surface area is 197 Å². The first-order valence-electron chi connectivity index (χ1n) is 11.4. The molecule has 1 aliphatic carbocycles. The highest BCUT2D eigenvalue weighted by Crippen LogP contribution is 2.46. The Kier molecular flexibility index (Phi) is 6.07. The monoisotopic (exact) mass is 475 g/mol. The van der Waals surface area contributed by atoms with Crippen molar-refractivity contribution in [3.63, 3.8) is 0 Å². The summed E-state index contributed by atoms with van der Waals surface area (Å²) in [6.07, 6.45) is 4.20. The fraction of sp³-hybridized carbons (Fsp3) is 0.542. The van der Waals surface area contributed by atoms with E-state index in [1.165, 1.54) is 13.0 Å². The molecule has 0 spiro atoms. The number of amides is 1. The zero-order valence-corrected chi connectivity index (χ0v) is 20.2. The first-order chi connectivity index (χ1) is 15.5. The first kappa shape index (κ1) is 23.4. The number of rotatable bonds is 6. The van der Waals surface area contributed by atoms with Crippen LogP contribution in [-0.4, -0.2) is 46.8 Å². The number of ether oxygens (including phenoxy) is 1. The highest BCUT2D eigenvalue weighted by atomic mass is 35.5. The number of aromatic hydroxyl groups is 1. The number of benzene rings is 1. The molecule has 1 aromatic carbocycles. The second kappa shape index (κ2) is 8.56. The number of anilines is 1. The Bertz CT molecular complexity index is 1190. The van der Waals surface area contributed by atoms with Crippen molar-refractivity contribution in [1.29, 1.82) is 0 Å². The maximum Gasteiger partial charge on any atom is 0.343 e. The SMILES string of the molecule is CCOC(=O)c1cn(C2CC2)c2c(Cl)c(N3CCC(C(C)(C)NC(C)=O)C3)c(O)cc2c1=O. The van der Waals surface area contributed by atoms with E-state index in [-0.39, 0.29) is 41.2 Å². The van der Waals surface area contributed by atoms with Crippen molar-refractivity contribution in [2.24, 2.45) is 5.92 Å². The third-order valence-electron chi connectivity index (χ3n) is 6.67. The predicted octanol–water partition coefficient (Wildman–Crippen LogP) is 3.61. The predicted molar refractivity (Wildman–Crippen MR) is 127 cm³/mol. The second-order valence-electron chi connectivity index (χ2n) is 9.52. The highest BCUT2D eigenvalue weighted by Gasteiger charge is 2.38. The van der Waals surface area contributed by atoms with Crippen LogP contribution in [0.1, 0.15) is 63.4 Å². The number of carbonyl (C=O) groups excluding carboxylic acids is 2. The fourth-order valence-electron chi connectivity index (χ4n) is 4.85. The van der Waals surface area contributed by atoms with Gasteiger partial charge in [0.1, 0.15) is 17.0 Å². The molecule has 2 heterocycles. The van der Waals surface area contributed by atoms with Crippen LogP contribution >= 0.6 is 11.6 Å². The van der Waals surface area contributed by atoms with Crippen LogP contribution in [0.4, 0.5) is 5.69 Å². The van der Waals surface area contributed by atoms with Crippen LogP contribution in [0, 0.1) is 5.92 Å². The van der Waals surface area contributed by atoms with Gasteiger partial charge in [-0.15, -0.1) is 0 Å².